The molecule has 0 aromatic rings. The van der Waals surface area contributed by atoms with Crippen LogP contribution in [0.4, 0.5) is 0 Å². The molecule has 2 rings (SSSR count). The summed E-state index contributed by atoms with van der Waals surface area (Å²) in [6.45, 7) is 1.98. The molecule has 14 heavy (non-hydrogen) atoms. The van der Waals surface area contributed by atoms with Gasteiger partial charge in [-0.25, -0.2) is 0 Å². The molecule has 1 amide bonds. The SMILES string of the molecule is CCC(=O)N1C2CCCC1CCC2.N. The van der Waals surface area contributed by atoms with E-state index >= 15 is 0 Å². The zero-order valence-corrected chi connectivity index (χ0v) is 9.17. The quantitative estimate of drug-likeness (QED) is 0.703. The maximum atomic E-state index is 11.7. The van der Waals surface area contributed by atoms with Crippen LogP contribution in [0.15, 0.2) is 0 Å². The second kappa shape index (κ2) is 4.78. The van der Waals surface area contributed by atoms with Gasteiger partial charge in [0.25, 0.3) is 0 Å². The van der Waals surface area contributed by atoms with Crippen molar-refractivity contribution in [2.45, 2.75) is 64.0 Å². The van der Waals surface area contributed by atoms with Crippen LogP contribution >= 0.6 is 0 Å². The third-order valence-electron chi connectivity index (χ3n) is 3.53. The summed E-state index contributed by atoms with van der Waals surface area (Å²) in [5.41, 5.74) is 0. The summed E-state index contributed by atoms with van der Waals surface area (Å²) in [4.78, 5) is 13.9. The van der Waals surface area contributed by atoms with Crippen LogP contribution in [-0.2, 0) is 4.79 Å². The van der Waals surface area contributed by atoms with Gasteiger partial charge in [0.15, 0.2) is 0 Å². The van der Waals surface area contributed by atoms with Crippen LogP contribution in [0.1, 0.15) is 51.9 Å². The summed E-state index contributed by atoms with van der Waals surface area (Å²) in [7, 11) is 0. The molecule has 0 saturated carbocycles. The number of hydrogen-bond acceptors (Lipinski definition) is 2. The smallest absolute Gasteiger partial charge is 0.222 e. The molecule has 0 aliphatic carbocycles. The highest BCUT2D eigenvalue weighted by Crippen LogP contribution is 2.33. The van der Waals surface area contributed by atoms with Crippen molar-refractivity contribution in [3.63, 3.8) is 0 Å². The Labute approximate surface area is 86.4 Å². The lowest BCUT2D eigenvalue weighted by molar-refractivity contribution is -0.140. The molecular weight excluding hydrogens is 176 g/mol. The van der Waals surface area contributed by atoms with Gasteiger partial charge in [-0.1, -0.05) is 6.92 Å². The third kappa shape index (κ3) is 1.92. The van der Waals surface area contributed by atoms with Gasteiger partial charge in [-0.2, -0.15) is 0 Å². The van der Waals surface area contributed by atoms with Crippen molar-refractivity contribution in [1.82, 2.24) is 11.1 Å². The van der Waals surface area contributed by atoms with E-state index in [1.165, 1.54) is 38.5 Å². The zero-order valence-electron chi connectivity index (χ0n) is 9.17. The molecule has 0 atom stereocenters. The molecule has 2 bridgehead atoms. The Balaban J connectivity index is 0.000000980. The lowest BCUT2D eigenvalue weighted by atomic mass is 9.84. The Morgan fingerprint density at radius 1 is 1.14 bits per heavy atom. The Bertz CT molecular complexity index is 183. The Morgan fingerprint density at radius 2 is 1.57 bits per heavy atom. The molecular formula is C11H22N2O. The number of carbonyl (C=O) groups excluding carboxylic acids is 1. The lowest BCUT2D eigenvalue weighted by Crippen LogP contribution is -2.52. The standard InChI is InChI=1S/C11H19NO.H3N/c1-2-11(13)12-9-5-3-6-10(12)8-4-7-9;/h9-10H,2-8H2,1H3;1H3. The molecule has 0 aromatic heterocycles. The van der Waals surface area contributed by atoms with E-state index in [4.69, 9.17) is 0 Å². The summed E-state index contributed by atoms with van der Waals surface area (Å²) in [5.74, 6) is 0.384. The molecule has 0 aromatic carbocycles. The van der Waals surface area contributed by atoms with E-state index in [0.29, 0.717) is 24.4 Å². The fourth-order valence-corrected chi connectivity index (χ4v) is 2.91. The summed E-state index contributed by atoms with van der Waals surface area (Å²) in [5, 5.41) is 0. The zero-order chi connectivity index (χ0) is 9.26. The predicted octanol–water partition coefficient (Wildman–Crippen LogP) is 2.49. The number of hydrogen-bond donors (Lipinski definition) is 1. The number of amides is 1. The monoisotopic (exact) mass is 198 g/mol. The normalized spacial score (nSPS) is 30.8. The van der Waals surface area contributed by atoms with Crippen LogP contribution in [0.2, 0.25) is 0 Å². The van der Waals surface area contributed by atoms with Crippen molar-refractivity contribution in [2.75, 3.05) is 0 Å². The third-order valence-corrected chi connectivity index (χ3v) is 3.53. The van der Waals surface area contributed by atoms with Crippen molar-refractivity contribution in [1.29, 1.82) is 0 Å². The van der Waals surface area contributed by atoms with Crippen molar-refractivity contribution in [3.05, 3.63) is 0 Å². The average Bonchev–Trinajstić information content (AvgIpc) is 2.15. The van der Waals surface area contributed by atoms with Crippen LogP contribution in [-0.4, -0.2) is 22.9 Å². The minimum absolute atomic E-state index is 0. The van der Waals surface area contributed by atoms with Crippen LogP contribution < -0.4 is 6.15 Å². The van der Waals surface area contributed by atoms with E-state index in [1.807, 2.05) is 6.92 Å². The van der Waals surface area contributed by atoms with E-state index in [0.717, 1.165) is 0 Å². The minimum atomic E-state index is 0. The van der Waals surface area contributed by atoms with Gasteiger partial charge in [0.1, 0.15) is 0 Å². The van der Waals surface area contributed by atoms with Crippen LogP contribution in [0.3, 0.4) is 0 Å². The highest BCUT2D eigenvalue weighted by atomic mass is 16.2. The van der Waals surface area contributed by atoms with Gasteiger partial charge in [0.05, 0.1) is 0 Å². The first-order valence-electron chi connectivity index (χ1n) is 5.64. The summed E-state index contributed by atoms with van der Waals surface area (Å²) < 4.78 is 0. The number of rotatable bonds is 1. The van der Waals surface area contributed by atoms with E-state index in [1.54, 1.807) is 0 Å². The summed E-state index contributed by atoms with van der Waals surface area (Å²) in [6.07, 6.45) is 8.37. The average molecular weight is 198 g/mol. The van der Waals surface area contributed by atoms with E-state index in [-0.39, 0.29) is 6.15 Å². The molecule has 2 aliphatic rings. The van der Waals surface area contributed by atoms with Gasteiger partial charge in [0.2, 0.25) is 5.91 Å². The van der Waals surface area contributed by atoms with E-state index in [9.17, 15) is 4.79 Å². The predicted molar refractivity (Wildman–Crippen MR) is 57.4 cm³/mol. The number of fused-ring (bicyclic) bond motifs is 2. The number of nitrogens with zero attached hydrogens (tertiary/aromatic N) is 1. The first-order valence-corrected chi connectivity index (χ1v) is 5.64. The second-order valence-electron chi connectivity index (χ2n) is 4.32. The van der Waals surface area contributed by atoms with Crippen LogP contribution in [0.5, 0.6) is 0 Å². The highest BCUT2D eigenvalue weighted by Gasteiger charge is 2.35. The first-order chi connectivity index (χ1) is 6.33. The van der Waals surface area contributed by atoms with Gasteiger partial charge >= 0.3 is 0 Å². The number of carbonyl (C=O) groups is 1. The van der Waals surface area contributed by atoms with Gasteiger partial charge in [-0.15, -0.1) is 0 Å². The van der Waals surface area contributed by atoms with Crippen molar-refractivity contribution in [2.24, 2.45) is 0 Å². The second-order valence-corrected chi connectivity index (χ2v) is 4.32. The summed E-state index contributed by atoms with van der Waals surface area (Å²) in [6, 6.07) is 1.19. The molecule has 3 N–H and O–H groups in total. The molecule has 82 valence electrons. The van der Waals surface area contributed by atoms with Crippen LogP contribution in [0, 0.1) is 0 Å². The molecule has 2 heterocycles. The van der Waals surface area contributed by atoms with E-state index < -0.39 is 0 Å². The molecule has 2 saturated heterocycles. The maximum Gasteiger partial charge on any atom is 0.222 e. The molecule has 0 spiro atoms. The van der Waals surface area contributed by atoms with Crippen LogP contribution in [0.25, 0.3) is 0 Å². The van der Waals surface area contributed by atoms with Gasteiger partial charge in [-0.05, 0) is 38.5 Å². The van der Waals surface area contributed by atoms with Gasteiger partial charge in [-0.3, -0.25) is 4.79 Å². The van der Waals surface area contributed by atoms with Crippen molar-refractivity contribution >= 4 is 5.91 Å². The molecule has 3 heteroatoms. The Kier molecular flexibility index (Phi) is 3.93. The van der Waals surface area contributed by atoms with Crippen molar-refractivity contribution < 1.29 is 4.79 Å². The minimum Gasteiger partial charge on any atom is -0.344 e. The Morgan fingerprint density at radius 3 is 1.93 bits per heavy atom. The molecule has 2 aliphatic heterocycles. The topological polar surface area (TPSA) is 55.3 Å². The summed E-state index contributed by atoms with van der Waals surface area (Å²) >= 11 is 0. The van der Waals surface area contributed by atoms with Gasteiger partial charge < -0.3 is 11.1 Å². The molecule has 0 unspecified atom stereocenters. The van der Waals surface area contributed by atoms with E-state index in [2.05, 4.69) is 4.90 Å². The molecule has 2 fully saturated rings. The molecule has 3 nitrogen and oxygen atoms in total. The first kappa shape index (κ1) is 11.5. The fourth-order valence-electron chi connectivity index (χ4n) is 2.91. The number of piperidine rings is 2. The molecule has 0 radical (unpaired) electrons. The lowest BCUT2D eigenvalue weighted by Gasteiger charge is -2.46. The maximum absolute atomic E-state index is 11.7. The highest BCUT2D eigenvalue weighted by molar-refractivity contribution is 5.76. The van der Waals surface area contributed by atoms with Gasteiger partial charge in [0, 0.05) is 18.5 Å². The largest absolute Gasteiger partial charge is 0.344 e. The Hall–Kier alpha value is -0.570. The fraction of sp³-hybridized carbons (Fsp3) is 0.909. The van der Waals surface area contributed by atoms with Crippen molar-refractivity contribution in [3.8, 4) is 0 Å².